The minimum atomic E-state index is -0.277. The average molecular weight is 296 g/mol. The molecule has 0 heterocycles. The number of rotatable bonds is 4. The van der Waals surface area contributed by atoms with Crippen LogP contribution in [-0.2, 0) is 0 Å². The lowest BCUT2D eigenvalue weighted by atomic mass is 9.98. The smallest absolute Gasteiger partial charge is 0.123 e. The first-order chi connectivity index (χ1) is 9.17. The largest absolute Gasteiger partial charge is 0.309 e. The van der Waals surface area contributed by atoms with E-state index in [0.717, 1.165) is 16.0 Å². The van der Waals surface area contributed by atoms with E-state index >= 15 is 0 Å². The van der Waals surface area contributed by atoms with Gasteiger partial charge in [0.15, 0.2) is 0 Å². The molecule has 1 atom stereocenters. The molecule has 2 aromatic rings. The van der Waals surface area contributed by atoms with E-state index in [9.17, 15) is 4.39 Å². The molecule has 0 aliphatic heterocycles. The lowest BCUT2D eigenvalue weighted by molar-refractivity contribution is 0.615. The Labute approximate surface area is 122 Å². The van der Waals surface area contributed by atoms with Gasteiger partial charge in [-0.2, -0.15) is 0 Å². The van der Waals surface area contributed by atoms with Crippen LogP contribution >= 0.6 is 23.4 Å². The molecule has 0 aliphatic carbocycles. The predicted octanol–water partition coefficient (Wildman–Crippen LogP) is 4.51. The van der Waals surface area contributed by atoms with Crippen molar-refractivity contribution >= 4 is 23.4 Å². The zero-order chi connectivity index (χ0) is 13.8. The fraction of sp³-hybridized carbons (Fsp3) is 0.200. The number of hydrogen-bond acceptors (Lipinski definition) is 2. The third kappa shape index (κ3) is 3.11. The molecule has 100 valence electrons. The molecule has 0 amide bonds. The van der Waals surface area contributed by atoms with Crippen LogP contribution in [0.15, 0.2) is 47.4 Å². The van der Waals surface area contributed by atoms with E-state index in [0.29, 0.717) is 5.02 Å². The lowest BCUT2D eigenvalue weighted by Gasteiger charge is -2.21. The van der Waals surface area contributed by atoms with Crippen molar-refractivity contribution in [3.8, 4) is 0 Å². The van der Waals surface area contributed by atoms with Gasteiger partial charge in [0.1, 0.15) is 5.82 Å². The quantitative estimate of drug-likeness (QED) is 0.833. The Morgan fingerprint density at radius 1 is 1.16 bits per heavy atom. The summed E-state index contributed by atoms with van der Waals surface area (Å²) in [5.74, 6) is -0.277. The molecule has 19 heavy (non-hydrogen) atoms. The van der Waals surface area contributed by atoms with Crippen LogP contribution < -0.4 is 5.32 Å². The molecule has 4 heteroatoms. The summed E-state index contributed by atoms with van der Waals surface area (Å²) in [7, 11) is 1.85. The summed E-state index contributed by atoms with van der Waals surface area (Å²) in [6.45, 7) is 0. The third-order valence-electron chi connectivity index (χ3n) is 3.01. The topological polar surface area (TPSA) is 12.0 Å². The Morgan fingerprint density at radius 2 is 1.89 bits per heavy atom. The molecular weight excluding hydrogens is 281 g/mol. The maximum Gasteiger partial charge on any atom is 0.123 e. The Bertz CT molecular complexity index is 574. The molecule has 0 bridgehead atoms. The van der Waals surface area contributed by atoms with Gasteiger partial charge in [0.25, 0.3) is 0 Å². The van der Waals surface area contributed by atoms with E-state index in [1.807, 2.05) is 31.5 Å². The van der Waals surface area contributed by atoms with Gasteiger partial charge in [0.2, 0.25) is 0 Å². The maximum atomic E-state index is 13.5. The van der Waals surface area contributed by atoms with E-state index in [2.05, 4.69) is 11.4 Å². The molecule has 0 saturated carbocycles. The van der Waals surface area contributed by atoms with E-state index in [1.165, 1.54) is 12.1 Å². The van der Waals surface area contributed by atoms with Gasteiger partial charge in [0.05, 0.1) is 6.04 Å². The number of halogens is 2. The molecule has 0 fully saturated rings. The van der Waals surface area contributed by atoms with Crippen molar-refractivity contribution in [1.82, 2.24) is 5.32 Å². The van der Waals surface area contributed by atoms with Crippen molar-refractivity contribution in [2.75, 3.05) is 13.3 Å². The van der Waals surface area contributed by atoms with Crippen LogP contribution in [0.25, 0.3) is 0 Å². The third-order valence-corrected chi connectivity index (χ3v) is 4.16. The minimum Gasteiger partial charge on any atom is -0.309 e. The van der Waals surface area contributed by atoms with Gasteiger partial charge in [-0.25, -0.2) is 4.39 Å². The highest BCUT2D eigenvalue weighted by Gasteiger charge is 2.18. The Balaban J connectivity index is 2.53. The van der Waals surface area contributed by atoms with Gasteiger partial charge in [-0.15, -0.1) is 11.8 Å². The van der Waals surface area contributed by atoms with Crippen molar-refractivity contribution < 1.29 is 4.39 Å². The van der Waals surface area contributed by atoms with Crippen LogP contribution in [-0.4, -0.2) is 13.3 Å². The molecule has 1 unspecified atom stereocenters. The number of hydrogen-bond donors (Lipinski definition) is 1. The normalized spacial score (nSPS) is 12.4. The molecular formula is C15H15ClFNS. The van der Waals surface area contributed by atoms with Crippen molar-refractivity contribution in [3.05, 3.63) is 64.4 Å². The fourth-order valence-corrected chi connectivity index (χ4v) is 2.98. The summed E-state index contributed by atoms with van der Waals surface area (Å²) in [6.07, 6.45) is 2.03. The zero-order valence-electron chi connectivity index (χ0n) is 10.8. The van der Waals surface area contributed by atoms with Crippen LogP contribution in [0.3, 0.4) is 0 Å². The van der Waals surface area contributed by atoms with Crippen molar-refractivity contribution in [2.24, 2.45) is 0 Å². The highest BCUT2D eigenvalue weighted by atomic mass is 35.5. The highest BCUT2D eigenvalue weighted by molar-refractivity contribution is 7.98. The molecule has 0 radical (unpaired) electrons. The van der Waals surface area contributed by atoms with Crippen molar-refractivity contribution in [1.29, 1.82) is 0 Å². The first kappa shape index (κ1) is 14.4. The summed E-state index contributed by atoms with van der Waals surface area (Å²) < 4.78 is 13.5. The molecule has 0 spiro atoms. The summed E-state index contributed by atoms with van der Waals surface area (Å²) in [5, 5.41) is 3.78. The second kappa shape index (κ2) is 6.42. The number of thioether (sulfide) groups is 1. The Hall–Kier alpha value is -1.03. The van der Waals surface area contributed by atoms with E-state index < -0.39 is 0 Å². The van der Waals surface area contributed by atoms with Gasteiger partial charge < -0.3 is 5.32 Å². The highest BCUT2D eigenvalue weighted by Crippen LogP contribution is 2.33. The van der Waals surface area contributed by atoms with Gasteiger partial charge >= 0.3 is 0 Å². The van der Waals surface area contributed by atoms with E-state index in [-0.39, 0.29) is 11.9 Å². The first-order valence-corrected chi connectivity index (χ1v) is 7.52. The Kier molecular flexibility index (Phi) is 4.86. The van der Waals surface area contributed by atoms with Crippen LogP contribution in [0, 0.1) is 5.82 Å². The van der Waals surface area contributed by atoms with Gasteiger partial charge in [-0.3, -0.25) is 0 Å². The van der Waals surface area contributed by atoms with Gasteiger partial charge in [0, 0.05) is 9.92 Å². The van der Waals surface area contributed by atoms with E-state index in [4.69, 9.17) is 11.6 Å². The van der Waals surface area contributed by atoms with E-state index in [1.54, 1.807) is 17.8 Å². The summed E-state index contributed by atoms with van der Waals surface area (Å²) in [4.78, 5) is 1.15. The molecule has 0 aromatic heterocycles. The zero-order valence-corrected chi connectivity index (χ0v) is 12.4. The van der Waals surface area contributed by atoms with Crippen LogP contribution in [0.5, 0.6) is 0 Å². The molecule has 1 N–H and O–H groups in total. The second-order valence-corrected chi connectivity index (χ2v) is 5.38. The van der Waals surface area contributed by atoms with Crippen LogP contribution in [0.4, 0.5) is 4.39 Å². The first-order valence-electron chi connectivity index (χ1n) is 5.92. The minimum absolute atomic E-state index is 0.119. The average Bonchev–Trinajstić information content (AvgIpc) is 2.44. The summed E-state index contributed by atoms with van der Waals surface area (Å²) in [5.41, 5.74) is 1.86. The molecule has 2 rings (SSSR count). The summed E-state index contributed by atoms with van der Waals surface area (Å²) in [6, 6.07) is 12.4. The predicted molar refractivity (Wildman–Crippen MR) is 80.5 cm³/mol. The van der Waals surface area contributed by atoms with Crippen molar-refractivity contribution in [3.63, 3.8) is 0 Å². The van der Waals surface area contributed by atoms with Crippen LogP contribution in [0.2, 0.25) is 5.02 Å². The van der Waals surface area contributed by atoms with Crippen molar-refractivity contribution in [2.45, 2.75) is 10.9 Å². The molecule has 1 nitrogen and oxygen atoms in total. The number of benzene rings is 2. The van der Waals surface area contributed by atoms with Gasteiger partial charge in [-0.05, 0) is 48.7 Å². The SMILES string of the molecule is CNC(c1cc(F)ccc1Cl)c1ccccc1SC. The van der Waals surface area contributed by atoms with Crippen LogP contribution in [0.1, 0.15) is 17.2 Å². The lowest BCUT2D eigenvalue weighted by Crippen LogP contribution is -2.19. The fourth-order valence-electron chi connectivity index (χ4n) is 2.12. The second-order valence-electron chi connectivity index (χ2n) is 4.13. The number of nitrogens with one attached hydrogen (secondary N) is 1. The standard InChI is InChI=1S/C15H15ClFNS/c1-18-15(11-5-3-4-6-14(11)19-2)12-9-10(17)7-8-13(12)16/h3-9,15,18H,1-2H3. The monoisotopic (exact) mass is 295 g/mol. The molecule has 2 aromatic carbocycles. The molecule has 0 aliphatic rings. The maximum absolute atomic E-state index is 13.5. The Morgan fingerprint density at radius 3 is 2.58 bits per heavy atom. The summed E-state index contributed by atoms with van der Waals surface area (Å²) >= 11 is 7.87. The molecule has 0 saturated heterocycles. The van der Waals surface area contributed by atoms with Gasteiger partial charge in [-0.1, -0.05) is 29.8 Å².